The summed E-state index contributed by atoms with van der Waals surface area (Å²) in [6.45, 7) is 3.78. The van der Waals surface area contributed by atoms with Gasteiger partial charge in [0.25, 0.3) is 0 Å². The third-order valence-corrected chi connectivity index (χ3v) is 3.30. The van der Waals surface area contributed by atoms with Crippen molar-refractivity contribution in [1.29, 1.82) is 0 Å². The van der Waals surface area contributed by atoms with Gasteiger partial charge in [-0.15, -0.1) is 0 Å². The quantitative estimate of drug-likeness (QED) is 0.876. The Morgan fingerprint density at radius 3 is 2.41 bits per heavy atom. The lowest BCUT2D eigenvalue weighted by atomic mass is 9.91. The van der Waals surface area contributed by atoms with Crippen LogP contribution in [0.25, 0.3) is 10.8 Å². The summed E-state index contributed by atoms with van der Waals surface area (Å²) in [5, 5.41) is 12.6. The minimum Gasteiger partial charge on any atom is -0.385 e. The van der Waals surface area contributed by atoms with Crippen LogP contribution in [0.15, 0.2) is 42.5 Å². The summed E-state index contributed by atoms with van der Waals surface area (Å²) in [7, 11) is 1.62. The number of fused-ring (bicyclic) bond motifs is 1. The van der Waals surface area contributed by atoms with E-state index < -0.39 is 11.7 Å². The molecule has 0 aliphatic carbocycles. The first-order valence-corrected chi connectivity index (χ1v) is 5.77. The number of hydrogen-bond donors (Lipinski definition) is 1. The molecule has 2 aromatic rings. The van der Waals surface area contributed by atoms with Gasteiger partial charge in [0, 0.05) is 7.11 Å². The Bertz CT molecular complexity index is 512. The summed E-state index contributed by atoms with van der Waals surface area (Å²) in [6, 6.07) is 14.0. The van der Waals surface area contributed by atoms with Gasteiger partial charge in [-0.1, -0.05) is 42.5 Å². The van der Waals surface area contributed by atoms with Crippen molar-refractivity contribution in [2.24, 2.45) is 0 Å². The van der Waals surface area contributed by atoms with E-state index >= 15 is 0 Å². The van der Waals surface area contributed by atoms with E-state index in [2.05, 4.69) is 0 Å². The molecule has 17 heavy (non-hydrogen) atoms. The molecule has 0 heterocycles. The van der Waals surface area contributed by atoms with E-state index in [9.17, 15) is 5.11 Å². The van der Waals surface area contributed by atoms with E-state index in [1.165, 1.54) is 0 Å². The largest absolute Gasteiger partial charge is 0.385 e. The highest BCUT2D eigenvalue weighted by atomic mass is 16.5. The highest BCUT2D eigenvalue weighted by Gasteiger charge is 2.29. The summed E-state index contributed by atoms with van der Waals surface area (Å²) in [5.74, 6) is 0. The van der Waals surface area contributed by atoms with Crippen molar-refractivity contribution in [1.82, 2.24) is 0 Å². The fourth-order valence-electron chi connectivity index (χ4n) is 1.98. The molecule has 90 valence electrons. The molecular weight excluding hydrogens is 212 g/mol. The molecule has 0 aliphatic rings. The van der Waals surface area contributed by atoms with Gasteiger partial charge >= 0.3 is 0 Å². The predicted octanol–water partition coefficient (Wildman–Crippen LogP) is 3.30. The average molecular weight is 230 g/mol. The predicted molar refractivity (Wildman–Crippen MR) is 70.0 cm³/mol. The molecule has 2 aromatic carbocycles. The lowest BCUT2D eigenvalue weighted by molar-refractivity contribution is -0.0787. The van der Waals surface area contributed by atoms with Crippen molar-refractivity contribution in [3.8, 4) is 0 Å². The highest BCUT2D eigenvalue weighted by molar-refractivity contribution is 5.86. The molecule has 0 saturated heterocycles. The van der Waals surface area contributed by atoms with Gasteiger partial charge in [0.15, 0.2) is 0 Å². The van der Waals surface area contributed by atoms with Gasteiger partial charge in [0.2, 0.25) is 0 Å². The monoisotopic (exact) mass is 230 g/mol. The van der Waals surface area contributed by atoms with Crippen molar-refractivity contribution in [3.63, 3.8) is 0 Å². The Kier molecular flexibility index (Phi) is 3.18. The summed E-state index contributed by atoms with van der Waals surface area (Å²) in [6.07, 6.45) is -0.640. The van der Waals surface area contributed by atoms with E-state index in [-0.39, 0.29) is 0 Å². The first-order chi connectivity index (χ1) is 8.06. The van der Waals surface area contributed by atoms with E-state index in [0.717, 1.165) is 16.3 Å². The Morgan fingerprint density at radius 2 is 1.71 bits per heavy atom. The molecule has 2 nitrogen and oxygen atoms in total. The molecule has 1 N–H and O–H groups in total. The summed E-state index contributed by atoms with van der Waals surface area (Å²) in [5.41, 5.74) is 0.319. The number of aliphatic hydroxyl groups is 1. The highest BCUT2D eigenvalue weighted by Crippen LogP contribution is 2.32. The molecule has 1 atom stereocenters. The second-order valence-corrected chi connectivity index (χ2v) is 4.78. The zero-order chi connectivity index (χ0) is 12.5. The number of aliphatic hydroxyl groups excluding tert-OH is 1. The summed E-state index contributed by atoms with van der Waals surface area (Å²) < 4.78 is 5.35. The molecule has 0 saturated carbocycles. The van der Waals surface area contributed by atoms with Crippen molar-refractivity contribution >= 4 is 10.8 Å². The van der Waals surface area contributed by atoms with Crippen molar-refractivity contribution in [3.05, 3.63) is 48.0 Å². The average Bonchev–Trinajstić information content (AvgIpc) is 2.37. The SMILES string of the molecule is COC(C)(C)C(O)c1cccc2ccccc12. The van der Waals surface area contributed by atoms with Gasteiger partial charge < -0.3 is 9.84 Å². The molecule has 0 radical (unpaired) electrons. The molecule has 2 heteroatoms. The molecule has 0 bridgehead atoms. The third kappa shape index (κ3) is 2.19. The Hall–Kier alpha value is -1.38. The standard InChI is InChI=1S/C15H18O2/c1-15(2,17-3)14(16)13-10-6-8-11-7-4-5-9-12(11)13/h4-10,14,16H,1-3H3. The van der Waals surface area contributed by atoms with Gasteiger partial charge in [0.05, 0.1) is 5.60 Å². The zero-order valence-corrected chi connectivity index (χ0v) is 10.5. The fraction of sp³-hybridized carbons (Fsp3) is 0.333. The van der Waals surface area contributed by atoms with Crippen LogP contribution in [-0.2, 0) is 4.74 Å². The lowest BCUT2D eigenvalue weighted by Crippen LogP contribution is -2.31. The lowest BCUT2D eigenvalue weighted by Gasteiger charge is -2.30. The van der Waals surface area contributed by atoms with Gasteiger partial charge in [-0.25, -0.2) is 0 Å². The summed E-state index contributed by atoms with van der Waals surface area (Å²) >= 11 is 0. The third-order valence-electron chi connectivity index (χ3n) is 3.30. The Labute approximate surface area is 102 Å². The molecule has 0 amide bonds. The van der Waals surface area contributed by atoms with E-state index in [1.807, 2.05) is 56.3 Å². The van der Waals surface area contributed by atoms with Gasteiger partial charge in [-0.05, 0) is 30.2 Å². The van der Waals surface area contributed by atoms with Crippen LogP contribution >= 0.6 is 0 Å². The molecule has 0 aromatic heterocycles. The number of methoxy groups -OCH3 is 1. The van der Waals surface area contributed by atoms with Crippen LogP contribution in [0.5, 0.6) is 0 Å². The topological polar surface area (TPSA) is 29.5 Å². The fourth-order valence-corrected chi connectivity index (χ4v) is 1.98. The molecule has 0 aliphatic heterocycles. The molecule has 2 rings (SSSR count). The van der Waals surface area contributed by atoms with Crippen LogP contribution in [0.1, 0.15) is 25.5 Å². The van der Waals surface area contributed by atoms with Crippen LogP contribution in [0, 0.1) is 0 Å². The van der Waals surface area contributed by atoms with Gasteiger partial charge in [0.1, 0.15) is 6.10 Å². The van der Waals surface area contributed by atoms with Crippen molar-refractivity contribution in [2.45, 2.75) is 25.6 Å². The normalized spacial score (nSPS) is 13.9. The maximum absolute atomic E-state index is 10.4. The Morgan fingerprint density at radius 1 is 1.06 bits per heavy atom. The maximum atomic E-state index is 10.4. The van der Waals surface area contributed by atoms with E-state index in [4.69, 9.17) is 4.74 Å². The minimum absolute atomic E-state index is 0.593. The Balaban J connectivity index is 2.56. The maximum Gasteiger partial charge on any atom is 0.108 e. The number of benzene rings is 2. The van der Waals surface area contributed by atoms with Gasteiger partial charge in [-0.2, -0.15) is 0 Å². The number of ether oxygens (including phenoxy) is 1. The first kappa shape index (κ1) is 12.1. The van der Waals surface area contributed by atoms with Crippen LogP contribution < -0.4 is 0 Å². The molecule has 0 spiro atoms. The van der Waals surface area contributed by atoms with Crippen LogP contribution in [-0.4, -0.2) is 17.8 Å². The molecular formula is C15H18O2. The summed E-state index contributed by atoms with van der Waals surface area (Å²) in [4.78, 5) is 0. The van der Waals surface area contributed by atoms with Crippen LogP contribution in [0.3, 0.4) is 0 Å². The number of rotatable bonds is 3. The minimum atomic E-state index is -0.640. The van der Waals surface area contributed by atoms with Crippen molar-refractivity contribution < 1.29 is 9.84 Å². The smallest absolute Gasteiger partial charge is 0.108 e. The van der Waals surface area contributed by atoms with Crippen LogP contribution in [0.4, 0.5) is 0 Å². The zero-order valence-electron chi connectivity index (χ0n) is 10.5. The van der Waals surface area contributed by atoms with E-state index in [1.54, 1.807) is 7.11 Å². The van der Waals surface area contributed by atoms with Crippen molar-refractivity contribution in [2.75, 3.05) is 7.11 Å². The van der Waals surface area contributed by atoms with Gasteiger partial charge in [-0.3, -0.25) is 0 Å². The second-order valence-electron chi connectivity index (χ2n) is 4.78. The molecule has 1 unspecified atom stereocenters. The molecule has 0 fully saturated rings. The van der Waals surface area contributed by atoms with Crippen LogP contribution in [0.2, 0.25) is 0 Å². The van der Waals surface area contributed by atoms with E-state index in [0.29, 0.717) is 0 Å². The first-order valence-electron chi connectivity index (χ1n) is 5.77. The number of hydrogen-bond acceptors (Lipinski definition) is 2. The second kappa shape index (κ2) is 4.47.